The van der Waals surface area contributed by atoms with Crippen molar-refractivity contribution in [2.75, 3.05) is 0 Å². The van der Waals surface area contributed by atoms with Crippen LogP contribution in [-0.2, 0) is 0 Å². The van der Waals surface area contributed by atoms with Gasteiger partial charge in [-0.25, -0.2) is 19.8 Å². The first-order valence-electron chi connectivity index (χ1n) is 4.64. The Morgan fingerprint density at radius 2 is 2.06 bits per heavy atom. The van der Waals surface area contributed by atoms with E-state index in [9.17, 15) is 4.39 Å². The molecule has 0 saturated carbocycles. The van der Waals surface area contributed by atoms with E-state index in [2.05, 4.69) is 20.4 Å². The van der Waals surface area contributed by atoms with Gasteiger partial charge in [0.15, 0.2) is 0 Å². The monoisotopic (exact) mass is 219 g/mol. The van der Waals surface area contributed by atoms with E-state index in [4.69, 9.17) is 5.84 Å². The largest absolute Gasteiger partial charge is 0.271 e. The molecule has 0 radical (unpaired) electrons. The SMILES string of the molecule is NNC(c1cncnc1)c1ncccc1F. The summed E-state index contributed by atoms with van der Waals surface area (Å²) in [5.74, 6) is 4.97. The lowest BCUT2D eigenvalue weighted by Crippen LogP contribution is -2.30. The predicted molar refractivity (Wildman–Crippen MR) is 55.4 cm³/mol. The van der Waals surface area contributed by atoms with Gasteiger partial charge in [0.25, 0.3) is 0 Å². The molecule has 5 nitrogen and oxygen atoms in total. The average molecular weight is 219 g/mol. The van der Waals surface area contributed by atoms with Gasteiger partial charge in [0.1, 0.15) is 12.1 Å². The Morgan fingerprint density at radius 3 is 2.69 bits per heavy atom. The van der Waals surface area contributed by atoms with Crippen LogP contribution in [0.25, 0.3) is 0 Å². The van der Waals surface area contributed by atoms with Crippen molar-refractivity contribution >= 4 is 0 Å². The summed E-state index contributed by atoms with van der Waals surface area (Å²) < 4.78 is 13.5. The topological polar surface area (TPSA) is 76.7 Å². The van der Waals surface area contributed by atoms with Crippen molar-refractivity contribution in [1.29, 1.82) is 0 Å². The maximum absolute atomic E-state index is 13.5. The number of nitrogens with two attached hydrogens (primary N) is 1. The van der Waals surface area contributed by atoms with Crippen LogP contribution < -0.4 is 11.3 Å². The molecule has 2 heterocycles. The van der Waals surface area contributed by atoms with E-state index < -0.39 is 11.9 Å². The number of nitrogens with one attached hydrogen (secondary N) is 1. The number of pyridine rings is 1. The number of rotatable bonds is 3. The van der Waals surface area contributed by atoms with E-state index in [1.165, 1.54) is 24.7 Å². The van der Waals surface area contributed by atoms with Crippen molar-refractivity contribution in [2.45, 2.75) is 6.04 Å². The first-order valence-corrected chi connectivity index (χ1v) is 4.64. The zero-order chi connectivity index (χ0) is 11.4. The predicted octanol–water partition coefficient (Wildman–Crippen LogP) is 0.563. The molecule has 0 aliphatic heterocycles. The van der Waals surface area contributed by atoms with Crippen molar-refractivity contribution in [3.8, 4) is 0 Å². The highest BCUT2D eigenvalue weighted by molar-refractivity contribution is 5.23. The van der Waals surface area contributed by atoms with Crippen LogP contribution in [0.1, 0.15) is 17.3 Å². The van der Waals surface area contributed by atoms with Gasteiger partial charge in [-0.1, -0.05) is 0 Å². The fourth-order valence-corrected chi connectivity index (χ4v) is 1.40. The normalized spacial score (nSPS) is 12.4. The first kappa shape index (κ1) is 10.6. The fourth-order valence-electron chi connectivity index (χ4n) is 1.40. The number of hydrogen-bond donors (Lipinski definition) is 2. The summed E-state index contributed by atoms with van der Waals surface area (Å²) in [6.45, 7) is 0. The molecular formula is C10H10FN5. The molecule has 2 rings (SSSR count). The minimum absolute atomic E-state index is 0.222. The van der Waals surface area contributed by atoms with E-state index in [0.717, 1.165) is 0 Å². The minimum atomic E-state index is -0.553. The fraction of sp³-hybridized carbons (Fsp3) is 0.100. The molecule has 0 saturated heterocycles. The second-order valence-corrected chi connectivity index (χ2v) is 3.14. The molecule has 2 aromatic heterocycles. The van der Waals surface area contributed by atoms with Crippen LogP contribution in [0, 0.1) is 5.82 Å². The van der Waals surface area contributed by atoms with Crippen molar-refractivity contribution in [2.24, 2.45) is 5.84 Å². The first-order chi connectivity index (χ1) is 7.83. The maximum Gasteiger partial charge on any atom is 0.146 e. The molecule has 16 heavy (non-hydrogen) atoms. The van der Waals surface area contributed by atoms with Crippen molar-refractivity contribution in [3.05, 3.63) is 54.1 Å². The Labute approximate surface area is 91.5 Å². The van der Waals surface area contributed by atoms with Crippen molar-refractivity contribution in [3.63, 3.8) is 0 Å². The van der Waals surface area contributed by atoms with Gasteiger partial charge in [-0.2, -0.15) is 0 Å². The quantitative estimate of drug-likeness (QED) is 0.582. The Bertz CT molecular complexity index is 462. The van der Waals surface area contributed by atoms with Crippen LogP contribution in [0.5, 0.6) is 0 Å². The Balaban J connectivity index is 2.41. The lowest BCUT2D eigenvalue weighted by molar-refractivity contribution is 0.542. The van der Waals surface area contributed by atoms with Crippen LogP contribution >= 0.6 is 0 Å². The number of nitrogens with zero attached hydrogens (tertiary/aromatic N) is 3. The molecule has 2 aromatic rings. The molecule has 0 aliphatic rings. The average Bonchev–Trinajstić information content (AvgIpc) is 2.34. The summed E-state index contributed by atoms with van der Waals surface area (Å²) in [4.78, 5) is 11.7. The summed E-state index contributed by atoms with van der Waals surface area (Å²) in [5.41, 5.74) is 3.37. The molecule has 0 fully saturated rings. The van der Waals surface area contributed by atoms with Gasteiger partial charge < -0.3 is 0 Å². The molecule has 0 amide bonds. The summed E-state index contributed by atoms with van der Waals surface area (Å²) in [6, 6.07) is 2.30. The summed E-state index contributed by atoms with van der Waals surface area (Å²) >= 11 is 0. The number of aromatic nitrogens is 3. The highest BCUT2D eigenvalue weighted by Crippen LogP contribution is 2.19. The Hall–Kier alpha value is -1.92. The van der Waals surface area contributed by atoms with E-state index in [0.29, 0.717) is 5.56 Å². The van der Waals surface area contributed by atoms with Crippen LogP contribution in [0.4, 0.5) is 4.39 Å². The molecule has 1 atom stereocenters. The highest BCUT2D eigenvalue weighted by atomic mass is 19.1. The van der Waals surface area contributed by atoms with Crippen LogP contribution in [0.3, 0.4) is 0 Å². The van der Waals surface area contributed by atoms with Gasteiger partial charge in [0, 0.05) is 24.2 Å². The van der Waals surface area contributed by atoms with Gasteiger partial charge in [0.2, 0.25) is 0 Å². The smallest absolute Gasteiger partial charge is 0.146 e. The molecule has 6 heteroatoms. The van der Waals surface area contributed by atoms with E-state index in [1.807, 2.05) is 0 Å². The lowest BCUT2D eigenvalue weighted by Gasteiger charge is -2.15. The number of halogens is 1. The molecule has 0 aliphatic carbocycles. The molecule has 0 bridgehead atoms. The zero-order valence-corrected chi connectivity index (χ0v) is 8.34. The molecule has 0 aromatic carbocycles. The third-order valence-electron chi connectivity index (χ3n) is 2.14. The number of hydrogen-bond acceptors (Lipinski definition) is 5. The maximum atomic E-state index is 13.5. The zero-order valence-electron chi connectivity index (χ0n) is 8.34. The Morgan fingerprint density at radius 1 is 1.31 bits per heavy atom. The summed E-state index contributed by atoms with van der Waals surface area (Å²) in [6.07, 6.45) is 6.02. The van der Waals surface area contributed by atoms with E-state index in [1.54, 1.807) is 12.4 Å². The van der Waals surface area contributed by atoms with Gasteiger partial charge in [0.05, 0.1) is 11.7 Å². The lowest BCUT2D eigenvalue weighted by atomic mass is 10.1. The van der Waals surface area contributed by atoms with E-state index in [-0.39, 0.29) is 5.69 Å². The summed E-state index contributed by atoms with van der Waals surface area (Å²) in [5, 5.41) is 0. The second kappa shape index (κ2) is 4.73. The second-order valence-electron chi connectivity index (χ2n) is 3.14. The van der Waals surface area contributed by atoms with Crippen LogP contribution in [0.2, 0.25) is 0 Å². The Kier molecular flexibility index (Phi) is 3.13. The van der Waals surface area contributed by atoms with Gasteiger partial charge in [-0.05, 0) is 12.1 Å². The van der Waals surface area contributed by atoms with Crippen LogP contribution in [-0.4, -0.2) is 15.0 Å². The van der Waals surface area contributed by atoms with Gasteiger partial charge in [-0.3, -0.25) is 10.8 Å². The minimum Gasteiger partial charge on any atom is -0.271 e. The van der Waals surface area contributed by atoms with E-state index >= 15 is 0 Å². The third-order valence-corrected chi connectivity index (χ3v) is 2.14. The van der Waals surface area contributed by atoms with Crippen molar-refractivity contribution < 1.29 is 4.39 Å². The van der Waals surface area contributed by atoms with Gasteiger partial charge in [-0.15, -0.1) is 0 Å². The number of hydrazine groups is 1. The highest BCUT2D eigenvalue weighted by Gasteiger charge is 2.17. The van der Waals surface area contributed by atoms with Gasteiger partial charge >= 0.3 is 0 Å². The standard InChI is InChI=1S/C10H10FN5/c11-8-2-1-3-15-10(8)9(16-12)7-4-13-6-14-5-7/h1-6,9,16H,12H2. The molecular weight excluding hydrogens is 209 g/mol. The van der Waals surface area contributed by atoms with Crippen molar-refractivity contribution in [1.82, 2.24) is 20.4 Å². The molecule has 1 unspecified atom stereocenters. The molecule has 3 N–H and O–H groups in total. The molecule has 82 valence electrons. The summed E-state index contributed by atoms with van der Waals surface area (Å²) in [7, 11) is 0. The third kappa shape index (κ3) is 2.02. The molecule has 0 spiro atoms. The van der Waals surface area contributed by atoms with Crippen LogP contribution in [0.15, 0.2) is 37.1 Å².